The maximum atomic E-state index is 14.1. The van der Waals surface area contributed by atoms with Crippen LogP contribution in [0.5, 0.6) is 0 Å². The minimum absolute atomic E-state index is 0.0405. The lowest BCUT2D eigenvalue weighted by molar-refractivity contribution is -0.144. The molecule has 1 amide bonds. The van der Waals surface area contributed by atoms with Gasteiger partial charge in [0.2, 0.25) is 5.95 Å². The molecule has 2 N–H and O–H groups in total. The van der Waals surface area contributed by atoms with E-state index in [0.717, 1.165) is 23.1 Å². The van der Waals surface area contributed by atoms with Crippen LogP contribution in [-0.4, -0.2) is 64.6 Å². The third kappa shape index (κ3) is 8.88. The maximum Gasteiger partial charge on any atom is 0.416 e. The number of hydrogen-bond acceptors (Lipinski definition) is 8. The lowest BCUT2D eigenvalue weighted by Crippen LogP contribution is -2.48. The summed E-state index contributed by atoms with van der Waals surface area (Å²) in [5, 5.41) is 18.5. The number of carboxylic acids is 1. The summed E-state index contributed by atoms with van der Waals surface area (Å²) in [6, 6.07) is 1.44. The fourth-order valence-electron chi connectivity index (χ4n) is 6.64. The highest BCUT2D eigenvalue weighted by Gasteiger charge is 2.43. The van der Waals surface area contributed by atoms with Crippen LogP contribution in [0.1, 0.15) is 66.5 Å². The number of carbonyl (C=O) groups is 2. The van der Waals surface area contributed by atoms with Crippen molar-refractivity contribution >= 4 is 29.4 Å². The molecule has 1 saturated heterocycles. The molecule has 3 heterocycles. The number of anilines is 3. The van der Waals surface area contributed by atoms with E-state index >= 15 is 0 Å². The Morgan fingerprint density at radius 2 is 1.47 bits per heavy atom. The number of aliphatic hydroxyl groups is 1. The SMILES string of the molecule is CC[C@@H]1C[C@H](N(Cc2cc(C(F)(F)F)cc(C(F)(F)F)c2)c2ncc(N3CCC(C(=O)O)CC3)cn2)c2cc(C(F)(F)F)ccc2N1C(=O)OCCO. The molecule has 0 bridgehead atoms. The average molecular weight is 764 g/mol. The van der Waals surface area contributed by atoms with E-state index in [1.165, 1.54) is 17.3 Å². The number of piperidine rings is 1. The minimum Gasteiger partial charge on any atom is -0.481 e. The molecule has 5 rings (SSSR count). The predicted molar refractivity (Wildman–Crippen MR) is 171 cm³/mol. The number of aromatic nitrogens is 2. The van der Waals surface area contributed by atoms with Gasteiger partial charge in [0.25, 0.3) is 0 Å². The molecule has 0 unspecified atom stereocenters. The molecule has 0 aliphatic carbocycles. The second-order valence-electron chi connectivity index (χ2n) is 12.7. The third-order valence-electron chi connectivity index (χ3n) is 9.29. The van der Waals surface area contributed by atoms with E-state index < -0.39 is 90.6 Å². The second-order valence-corrected chi connectivity index (χ2v) is 12.7. The Bertz CT molecular complexity index is 1750. The normalized spacial score (nSPS) is 18.5. The van der Waals surface area contributed by atoms with Crippen molar-refractivity contribution in [1.82, 2.24) is 9.97 Å². The van der Waals surface area contributed by atoms with Gasteiger partial charge in [0.15, 0.2) is 0 Å². The van der Waals surface area contributed by atoms with E-state index in [4.69, 9.17) is 4.74 Å². The van der Waals surface area contributed by atoms with E-state index in [9.17, 15) is 59.3 Å². The predicted octanol–water partition coefficient (Wildman–Crippen LogP) is 7.70. The number of carbonyl (C=O) groups excluding carboxylic acids is 1. The van der Waals surface area contributed by atoms with Gasteiger partial charge in [-0.25, -0.2) is 14.8 Å². The Labute approximate surface area is 296 Å². The zero-order valence-electron chi connectivity index (χ0n) is 28.0. The number of amides is 1. The van der Waals surface area contributed by atoms with Gasteiger partial charge >= 0.3 is 30.6 Å². The fraction of sp³-hybridized carbons (Fsp3) is 0.471. The van der Waals surface area contributed by atoms with Crippen LogP contribution in [0.3, 0.4) is 0 Å². The van der Waals surface area contributed by atoms with Crippen molar-refractivity contribution in [2.75, 3.05) is 41.0 Å². The highest BCUT2D eigenvalue weighted by Crippen LogP contribution is 2.46. The number of aliphatic hydroxyl groups excluding tert-OH is 1. The molecular weight excluding hydrogens is 729 g/mol. The first-order valence-corrected chi connectivity index (χ1v) is 16.4. The molecule has 0 spiro atoms. The largest absolute Gasteiger partial charge is 0.481 e. The lowest BCUT2D eigenvalue weighted by Gasteiger charge is -2.44. The van der Waals surface area contributed by atoms with Crippen molar-refractivity contribution in [3.05, 3.63) is 76.6 Å². The second kappa shape index (κ2) is 15.3. The first-order valence-electron chi connectivity index (χ1n) is 16.4. The van der Waals surface area contributed by atoms with Crippen molar-refractivity contribution < 1.29 is 64.1 Å². The van der Waals surface area contributed by atoms with Gasteiger partial charge in [-0.1, -0.05) is 6.92 Å². The zero-order valence-corrected chi connectivity index (χ0v) is 28.0. The van der Waals surface area contributed by atoms with E-state index in [0.29, 0.717) is 43.8 Å². The number of aliphatic carboxylic acids is 1. The number of alkyl halides is 9. The Balaban J connectivity index is 1.66. The van der Waals surface area contributed by atoms with E-state index in [1.807, 2.05) is 0 Å². The number of benzene rings is 2. The van der Waals surface area contributed by atoms with Crippen LogP contribution in [0.4, 0.5) is 61.6 Å². The smallest absolute Gasteiger partial charge is 0.416 e. The summed E-state index contributed by atoms with van der Waals surface area (Å²) in [5.41, 5.74) is -4.62. The first kappa shape index (κ1) is 39.4. The molecule has 10 nitrogen and oxygen atoms in total. The van der Waals surface area contributed by atoms with Crippen molar-refractivity contribution in [1.29, 1.82) is 0 Å². The summed E-state index contributed by atoms with van der Waals surface area (Å²) in [4.78, 5) is 37.4. The van der Waals surface area contributed by atoms with Crippen molar-refractivity contribution in [2.45, 2.75) is 69.8 Å². The molecular formula is C34H34F9N5O5. The third-order valence-corrected chi connectivity index (χ3v) is 9.29. The fourth-order valence-corrected chi connectivity index (χ4v) is 6.64. The van der Waals surface area contributed by atoms with Crippen LogP contribution in [0.25, 0.3) is 0 Å². The summed E-state index contributed by atoms with van der Waals surface area (Å²) in [6.45, 7) is 0.600. The van der Waals surface area contributed by atoms with Crippen LogP contribution in [0.2, 0.25) is 0 Å². The molecule has 2 aliphatic heterocycles. The number of ether oxygens (including phenoxy) is 1. The number of halogens is 9. The number of hydrogen-bond donors (Lipinski definition) is 2. The maximum absolute atomic E-state index is 14.1. The number of fused-ring (bicyclic) bond motifs is 1. The summed E-state index contributed by atoms with van der Waals surface area (Å²) in [6.07, 6.45) is -13.0. The van der Waals surface area contributed by atoms with Crippen LogP contribution in [0, 0.1) is 5.92 Å². The summed E-state index contributed by atoms with van der Waals surface area (Å²) in [7, 11) is 0. The number of rotatable bonds is 9. The van der Waals surface area contributed by atoms with Gasteiger partial charge in [-0.2, -0.15) is 39.5 Å². The average Bonchev–Trinajstić information content (AvgIpc) is 3.11. The van der Waals surface area contributed by atoms with Gasteiger partial charge < -0.3 is 24.7 Å². The quantitative estimate of drug-likeness (QED) is 0.212. The molecule has 1 fully saturated rings. The first-order chi connectivity index (χ1) is 24.8. The molecule has 19 heteroatoms. The molecule has 1 aromatic heterocycles. The molecule has 53 heavy (non-hydrogen) atoms. The van der Waals surface area contributed by atoms with Crippen LogP contribution >= 0.6 is 0 Å². The molecule has 288 valence electrons. The highest BCUT2D eigenvalue weighted by atomic mass is 19.4. The highest BCUT2D eigenvalue weighted by molar-refractivity contribution is 5.90. The van der Waals surface area contributed by atoms with E-state index in [1.54, 1.807) is 11.8 Å². The molecule has 2 aromatic carbocycles. The van der Waals surface area contributed by atoms with Gasteiger partial charge in [0.05, 0.1) is 59.0 Å². The van der Waals surface area contributed by atoms with E-state index in [2.05, 4.69) is 9.97 Å². The van der Waals surface area contributed by atoms with Gasteiger partial charge in [-0.3, -0.25) is 9.69 Å². The Hall–Kier alpha value is -4.81. The Morgan fingerprint density at radius 1 is 0.887 bits per heavy atom. The standard InChI is InChI=1S/C34H34F9N5O5/c1-2-24-15-28(26-14-21(32(35,36)37)3-4-27(26)48(24)31(52)53-10-9-49)47(18-19-11-22(33(38,39)40)13-23(12-19)34(41,42)43)30-44-16-25(17-45-30)46-7-5-20(6-8-46)29(50)51/h3-4,11-14,16-17,20,24,28,49H,2,5-10,15,18H2,1H3,(H,50,51)/t24-,28+/m1/s1. The van der Waals surface area contributed by atoms with Gasteiger partial charge in [-0.05, 0) is 73.2 Å². The van der Waals surface area contributed by atoms with Crippen LogP contribution in [-0.2, 0) is 34.6 Å². The molecule has 2 aliphatic rings. The topological polar surface area (TPSA) is 119 Å². The molecule has 0 radical (unpaired) electrons. The monoisotopic (exact) mass is 763 g/mol. The molecule has 0 saturated carbocycles. The zero-order chi connectivity index (χ0) is 38.9. The Morgan fingerprint density at radius 3 is 1.98 bits per heavy atom. The van der Waals surface area contributed by atoms with Crippen LogP contribution in [0.15, 0.2) is 48.8 Å². The summed E-state index contributed by atoms with van der Waals surface area (Å²) >= 11 is 0. The number of carboxylic acid groups (broad SMARTS) is 1. The number of nitrogens with zero attached hydrogens (tertiary/aromatic N) is 5. The molecule has 3 aromatic rings. The van der Waals surface area contributed by atoms with Crippen molar-refractivity contribution in [2.24, 2.45) is 5.92 Å². The molecule has 2 atom stereocenters. The van der Waals surface area contributed by atoms with Crippen LogP contribution < -0.4 is 14.7 Å². The Kier molecular flexibility index (Phi) is 11.4. The lowest BCUT2D eigenvalue weighted by atomic mass is 9.87. The van der Waals surface area contributed by atoms with Crippen molar-refractivity contribution in [3.8, 4) is 0 Å². The van der Waals surface area contributed by atoms with Crippen molar-refractivity contribution in [3.63, 3.8) is 0 Å². The summed E-state index contributed by atoms with van der Waals surface area (Å²) in [5.74, 6) is -1.75. The summed E-state index contributed by atoms with van der Waals surface area (Å²) < 4.78 is 131. The van der Waals surface area contributed by atoms with Gasteiger partial charge in [-0.15, -0.1) is 0 Å². The van der Waals surface area contributed by atoms with Gasteiger partial charge in [0.1, 0.15) is 6.61 Å². The minimum atomic E-state index is -5.19. The van der Waals surface area contributed by atoms with E-state index in [-0.39, 0.29) is 36.1 Å². The van der Waals surface area contributed by atoms with Gasteiger partial charge in [0, 0.05) is 25.7 Å².